The monoisotopic (exact) mass is 305 g/mol. The number of amides is 1. The normalized spacial score (nSPS) is 29.4. The molecule has 2 aliphatic heterocycles. The quantitative estimate of drug-likeness (QED) is 0.721. The lowest BCUT2D eigenvalue weighted by Crippen LogP contribution is -2.42. The third kappa shape index (κ3) is 3.69. The predicted molar refractivity (Wildman–Crippen MR) is 74.6 cm³/mol. The predicted octanol–water partition coefficient (Wildman–Crippen LogP) is -1.01. The molecule has 2 rings (SSSR count). The molecular formula is C12H23N3O4S. The van der Waals surface area contributed by atoms with E-state index in [0.717, 1.165) is 6.42 Å². The summed E-state index contributed by atoms with van der Waals surface area (Å²) in [4.78, 5) is 14.1. The van der Waals surface area contributed by atoms with Crippen molar-refractivity contribution in [3.05, 3.63) is 0 Å². The standard InChI is InChI=1S/C12H23N3O4S/c1-20(17,18)15-6-2-5-14(7-8-15)12(16)11-4-3-10(9-13)19-11/h10-11H,2-9,13H2,1H3/t10-,11+/m1/s1. The molecule has 0 aromatic carbocycles. The van der Waals surface area contributed by atoms with Crippen molar-refractivity contribution in [1.82, 2.24) is 9.21 Å². The summed E-state index contributed by atoms with van der Waals surface area (Å²) in [5.41, 5.74) is 5.54. The molecule has 2 N–H and O–H groups in total. The van der Waals surface area contributed by atoms with Crippen molar-refractivity contribution in [2.75, 3.05) is 39.0 Å². The number of sulfonamides is 1. The molecule has 2 fully saturated rings. The van der Waals surface area contributed by atoms with Crippen LogP contribution in [0.5, 0.6) is 0 Å². The summed E-state index contributed by atoms with van der Waals surface area (Å²) in [5, 5.41) is 0. The van der Waals surface area contributed by atoms with Crippen LogP contribution in [-0.4, -0.2) is 74.7 Å². The second kappa shape index (κ2) is 6.38. The van der Waals surface area contributed by atoms with Gasteiger partial charge in [-0.3, -0.25) is 4.79 Å². The lowest BCUT2D eigenvalue weighted by molar-refractivity contribution is -0.142. The molecule has 0 radical (unpaired) electrons. The van der Waals surface area contributed by atoms with Crippen LogP contribution in [0, 0.1) is 0 Å². The number of hydrogen-bond acceptors (Lipinski definition) is 5. The molecular weight excluding hydrogens is 282 g/mol. The van der Waals surface area contributed by atoms with Crippen LogP contribution in [0.3, 0.4) is 0 Å². The zero-order valence-corrected chi connectivity index (χ0v) is 12.6. The van der Waals surface area contributed by atoms with Gasteiger partial charge in [0.2, 0.25) is 10.0 Å². The van der Waals surface area contributed by atoms with Gasteiger partial charge in [0, 0.05) is 32.7 Å². The smallest absolute Gasteiger partial charge is 0.251 e. The van der Waals surface area contributed by atoms with E-state index in [9.17, 15) is 13.2 Å². The SMILES string of the molecule is CS(=O)(=O)N1CCCN(C(=O)[C@@H]2CC[C@H](CN)O2)CC1. The second-order valence-corrected chi connectivity index (χ2v) is 7.38. The maximum absolute atomic E-state index is 12.4. The van der Waals surface area contributed by atoms with Gasteiger partial charge in [0.15, 0.2) is 0 Å². The minimum atomic E-state index is -3.18. The number of carbonyl (C=O) groups excluding carboxylic acids is 1. The Kier molecular flexibility index (Phi) is 5.00. The maximum atomic E-state index is 12.4. The molecule has 0 aromatic rings. The van der Waals surface area contributed by atoms with Crippen molar-refractivity contribution in [3.63, 3.8) is 0 Å². The molecule has 0 aliphatic carbocycles. The van der Waals surface area contributed by atoms with Gasteiger partial charge in [0.1, 0.15) is 6.10 Å². The molecule has 2 aliphatic rings. The van der Waals surface area contributed by atoms with Crippen LogP contribution >= 0.6 is 0 Å². The number of carbonyl (C=O) groups is 1. The number of rotatable bonds is 3. The van der Waals surface area contributed by atoms with E-state index in [2.05, 4.69) is 0 Å². The summed E-state index contributed by atoms with van der Waals surface area (Å²) < 4.78 is 30.1. The van der Waals surface area contributed by atoms with Crippen LogP contribution in [0.4, 0.5) is 0 Å². The zero-order chi connectivity index (χ0) is 14.8. The largest absolute Gasteiger partial charge is 0.364 e. The first-order chi connectivity index (χ1) is 9.41. The van der Waals surface area contributed by atoms with Crippen molar-refractivity contribution in [2.24, 2.45) is 5.73 Å². The van der Waals surface area contributed by atoms with Gasteiger partial charge >= 0.3 is 0 Å². The minimum Gasteiger partial charge on any atom is -0.364 e. The van der Waals surface area contributed by atoms with Crippen LogP contribution in [0.25, 0.3) is 0 Å². The Bertz CT molecular complexity index is 454. The van der Waals surface area contributed by atoms with Crippen molar-refractivity contribution < 1.29 is 17.9 Å². The van der Waals surface area contributed by atoms with E-state index in [-0.39, 0.29) is 12.0 Å². The van der Waals surface area contributed by atoms with Crippen LogP contribution in [0.1, 0.15) is 19.3 Å². The molecule has 0 unspecified atom stereocenters. The van der Waals surface area contributed by atoms with Crippen molar-refractivity contribution in [1.29, 1.82) is 0 Å². The third-order valence-electron chi connectivity index (χ3n) is 3.88. The van der Waals surface area contributed by atoms with Gasteiger partial charge in [-0.2, -0.15) is 0 Å². The number of nitrogens with two attached hydrogens (primary N) is 1. The van der Waals surface area contributed by atoms with E-state index in [1.54, 1.807) is 4.90 Å². The lowest BCUT2D eigenvalue weighted by Gasteiger charge is -2.24. The average molecular weight is 305 g/mol. The molecule has 116 valence electrons. The van der Waals surface area contributed by atoms with Crippen LogP contribution < -0.4 is 5.73 Å². The molecule has 7 nitrogen and oxygen atoms in total. The van der Waals surface area contributed by atoms with Crippen molar-refractivity contribution in [3.8, 4) is 0 Å². The van der Waals surface area contributed by atoms with E-state index in [4.69, 9.17) is 10.5 Å². The Labute approximate surface area is 120 Å². The van der Waals surface area contributed by atoms with Gasteiger partial charge in [-0.15, -0.1) is 0 Å². The van der Waals surface area contributed by atoms with Crippen LogP contribution in [0.15, 0.2) is 0 Å². The van der Waals surface area contributed by atoms with Gasteiger partial charge in [-0.05, 0) is 19.3 Å². The maximum Gasteiger partial charge on any atom is 0.251 e. The Morgan fingerprint density at radius 1 is 1.25 bits per heavy atom. The van der Waals surface area contributed by atoms with E-state index < -0.39 is 16.1 Å². The molecule has 1 amide bonds. The molecule has 0 bridgehead atoms. The Morgan fingerprint density at radius 2 is 2.00 bits per heavy atom. The second-order valence-electron chi connectivity index (χ2n) is 5.40. The molecule has 0 spiro atoms. The Balaban J connectivity index is 1.92. The zero-order valence-electron chi connectivity index (χ0n) is 11.8. The van der Waals surface area contributed by atoms with Gasteiger partial charge in [-0.1, -0.05) is 0 Å². The Hall–Kier alpha value is -0.700. The minimum absolute atomic E-state index is 0.0246. The molecule has 8 heteroatoms. The highest BCUT2D eigenvalue weighted by Crippen LogP contribution is 2.21. The van der Waals surface area contributed by atoms with Gasteiger partial charge < -0.3 is 15.4 Å². The highest BCUT2D eigenvalue weighted by Gasteiger charge is 2.34. The van der Waals surface area contributed by atoms with E-state index in [1.165, 1.54) is 10.6 Å². The highest BCUT2D eigenvalue weighted by atomic mass is 32.2. The van der Waals surface area contributed by atoms with E-state index in [0.29, 0.717) is 45.6 Å². The summed E-state index contributed by atoms with van der Waals surface area (Å²) in [6.45, 7) is 2.28. The summed E-state index contributed by atoms with van der Waals surface area (Å²) in [6, 6.07) is 0. The molecule has 0 saturated carbocycles. The first kappa shape index (κ1) is 15.7. The number of hydrogen-bond donors (Lipinski definition) is 1. The van der Waals surface area contributed by atoms with E-state index in [1.807, 2.05) is 0 Å². The summed E-state index contributed by atoms with van der Waals surface area (Å²) in [7, 11) is -3.18. The first-order valence-corrected chi connectivity index (χ1v) is 8.86. The molecule has 2 atom stereocenters. The average Bonchev–Trinajstić information content (AvgIpc) is 2.72. The van der Waals surface area contributed by atoms with Crippen molar-refractivity contribution >= 4 is 15.9 Å². The fraction of sp³-hybridized carbons (Fsp3) is 0.917. The van der Waals surface area contributed by atoms with Crippen molar-refractivity contribution in [2.45, 2.75) is 31.5 Å². The number of ether oxygens (including phenoxy) is 1. The number of nitrogens with zero attached hydrogens (tertiary/aromatic N) is 2. The van der Waals surface area contributed by atoms with Gasteiger partial charge in [0.05, 0.1) is 12.4 Å². The first-order valence-electron chi connectivity index (χ1n) is 7.01. The Morgan fingerprint density at radius 3 is 2.60 bits per heavy atom. The third-order valence-corrected chi connectivity index (χ3v) is 5.18. The molecule has 0 aromatic heterocycles. The lowest BCUT2D eigenvalue weighted by atomic mass is 10.2. The fourth-order valence-corrected chi connectivity index (χ4v) is 3.58. The van der Waals surface area contributed by atoms with Gasteiger partial charge in [-0.25, -0.2) is 12.7 Å². The fourth-order valence-electron chi connectivity index (χ4n) is 2.71. The van der Waals surface area contributed by atoms with Crippen LogP contribution in [-0.2, 0) is 19.6 Å². The van der Waals surface area contributed by atoms with Gasteiger partial charge in [0.25, 0.3) is 5.91 Å². The molecule has 20 heavy (non-hydrogen) atoms. The van der Waals surface area contributed by atoms with Crippen LogP contribution in [0.2, 0.25) is 0 Å². The topological polar surface area (TPSA) is 92.9 Å². The summed E-state index contributed by atoms with van der Waals surface area (Å²) in [5.74, 6) is -0.0312. The van der Waals surface area contributed by atoms with E-state index >= 15 is 0 Å². The summed E-state index contributed by atoms with van der Waals surface area (Å²) in [6.07, 6.45) is 2.95. The summed E-state index contributed by atoms with van der Waals surface area (Å²) >= 11 is 0. The molecule has 2 heterocycles. The molecule has 2 saturated heterocycles. The highest BCUT2D eigenvalue weighted by molar-refractivity contribution is 7.88.